The van der Waals surface area contributed by atoms with E-state index in [0.717, 1.165) is 56.8 Å². The molecule has 3 rings (SSSR count). The minimum Gasteiger partial charge on any atom is -0.370 e. The molecule has 1 amide bonds. The first-order valence-electron chi connectivity index (χ1n) is 10.8. The Morgan fingerprint density at radius 2 is 1.84 bits per heavy atom. The molecule has 0 bridgehead atoms. The van der Waals surface area contributed by atoms with Crippen molar-refractivity contribution in [1.82, 2.24) is 14.5 Å². The molecule has 0 radical (unpaired) electrons. The third-order valence-electron chi connectivity index (χ3n) is 5.68. The standard InChI is InChI=1S/C21H33N5O3S.HI/c1-2-23-21(25-11-5-6-18(16-25)14-20(22)27)24-15-17-7-9-19(10-8-17)30(28,29)26-12-3-4-13-26;/h7-10,18H,2-6,11-16H2,1H3,(H2,22,27)(H,23,24);1H. The molecule has 0 aromatic heterocycles. The van der Waals surface area contributed by atoms with Gasteiger partial charge in [-0.25, -0.2) is 13.4 Å². The van der Waals surface area contributed by atoms with E-state index in [9.17, 15) is 13.2 Å². The number of nitrogens with two attached hydrogens (primary N) is 1. The number of nitrogens with one attached hydrogen (secondary N) is 1. The first kappa shape index (κ1) is 25.9. The molecule has 2 fully saturated rings. The number of sulfonamides is 1. The maximum Gasteiger partial charge on any atom is 0.243 e. The van der Waals surface area contributed by atoms with Crippen LogP contribution in [0.15, 0.2) is 34.2 Å². The van der Waals surface area contributed by atoms with Crippen molar-refractivity contribution in [3.8, 4) is 0 Å². The van der Waals surface area contributed by atoms with Gasteiger partial charge in [-0.15, -0.1) is 24.0 Å². The van der Waals surface area contributed by atoms with Crippen molar-refractivity contribution in [2.24, 2.45) is 16.6 Å². The summed E-state index contributed by atoms with van der Waals surface area (Å²) >= 11 is 0. The van der Waals surface area contributed by atoms with Crippen LogP contribution in [0.1, 0.15) is 44.6 Å². The topological polar surface area (TPSA) is 108 Å². The average Bonchev–Trinajstić information content (AvgIpc) is 3.27. The molecule has 2 aliphatic rings. The Balaban J connectivity index is 0.00000341. The number of rotatable bonds is 7. The van der Waals surface area contributed by atoms with Crippen LogP contribution in [-0.2, 0) is 21.4 Å². The van der Waals surface area contributed by atoms with Gasteiger partial charge in [0.05, 0.1) is 11.4 Å². The Bertz CT molecular complexity index is 854. The van der Waals surface area contributed by atoms with Gasteiger partial charge in [-0.05, 0) is 56.2 Å². The number of primary amides is 1. The Hall–Kier alpha value is -1.40. The number of carbonyl (C=O) groups is 1. The fourth-order valence-electron chi connectivity index (χ4n) is 4.14. The number of halogens is 1. The van der Waals surface area contributed by atoms with Gasteiger partial charge in [0.25, 0.3) is 0 Å². The molecule has 0 spiro atoms. The van der Waals surface area contributed by atoms with Crippen LogP contribution in [0.5, 0.6) is 0 Å². The van der Waals surface area contributed by atoms with E-state index in [1.807, 2.05) is 19.1 Å². The van der Waals surface area contributed by atoms with Crippen molar-refractivity contribution in [3.63, 3.8) is 0 Å². The van der Waals surface area contributed by atoms with Crippen molar-refractivity contribution in [2.75, 3.05) is 32.7 Å². The van der Waals surface area contributed by atoms with Crippen LogP contribution in [-0.4, -0.2) is 62.2 Å². The van der Waals surface area contributed by atoms with Crippen LogP contribution in [0, 0.1) is 5.92 Å². The quantitative estimate of drug-likeness (QED) is 0.300. The number of piperidine rings is 1. The van der Waals surface area contributed by atoms with E-state index in [1.165, 1.54) is 0 Å². The molecule has 2 aliphatic heterocycles. The Labute approximate surface area is 202 Å². The van der Waals surface area contributed by atoms with Crippen LogP contribution < -0.4 is 11.1 Å². The third kappa shape index (κ3) is 7.04. The van der Waals surface area contributed by atoms with Gasteiger partial charge in [0.15, 0.2) is 5.96 Å². The van der Waals surface area contributed by atoms with E-state index in [0.29, 0.717) is 31.0 Å². The van der Waals surface area contributed by atoms with Crippen LogP contribution in [0.4, 0.5) is 0 Å². The summed E-state index contributed by atoms with van der Waals surface area (Å²) in [6.45, 7) is 6.11. The number of aliphatic imine (C=N–C) groups is 1. The summed E-state index contributed by atoms with van der Waals surface area (Å²) in [4.78, 5) is 18.5. The molecule has 31 heavy (non-hydrogen) atoms. The summed E-state index contributed by atoms with van der Waals surface area (Å²) in [5, 5.41) is 3.33. The summed E-state index contributed by atoms with van der Waals surface area (Å²) < 4.78 is 26.9. The lowest BCUT2D eigenvalue weighted by Crippen LogP contribution is -2.47. The van der Waals surface area contributed by atoms with Gasteiger partial charge < -0.3 is 16.0 Å². The Kier molecular flexibility index (Phi) is 10.0. The molecule has 0 saturated carbocycles. The Morgan fingerprint density at radius 1 is 1.16 bits per heavy atom. The second-order valence-electron chi connectivity index (χ2n) is 8.05. The molecule has 3 N–H and O–H groups in total. The fourth-order valence-corrected chi connectivity index (χ4v) is 5.66. The number of likely N-dealkylation sites (tertiary alicyclic amines) is 1. The summed E-state index contributed by atoms with van der Waals surface area (Å²) in [6, 6.07) is 7.02. The number of amides is 1. The maximum absolute atomic E-state index is 12.7. The number of nitrogens with zero attached hydrogens (tertiary/aromatic N) is 3. The van der Waals surface area contributed by atoms with Crippen LogP contribution in [0.3, 0.4) is 0 Å². The predicted octanol–water partition coefficient (Wildman–Crippen LogP) is 2.14. The van der Waals surface area contributed by atoms with Crippen LogP contribution in [0.25, 0.3) is 0 Å². The van der Waals surface area contributed by atoms with Crippen LogP contribution in [0.2, 0.25) is 0 Å². The highest BCUT2D eigenvalue weighted by atomic mass is 127. The lowest BCUT2D eigenvalue weighted by Gasteiger charge is -2.34. The molecule has 1 aromatic carbocycles. The van der Waals surface area contributed by atoms with Gasteiger partial charge in [0.1, 0.15) is 0 Å². The molecule has 1 unspecified atom stereocenters. The normalized spacial score (nSPS) is 20.4. The third-order valence-corrected chi connectivity index (χ3v) is 7.59. The molecule has 2 saturated heterocycles. The van der Waals surface area contributed by atoms with E-state index in [4.69, 9.17) is 10.7 Å². The molecular formula is C21H34IN5O3S. The molecule has 2 heterocycles. The highest BCUT2D eigenvalue weighted by Crippen LogP contribution is 2.22. The molecule has 1 aromatic rings. The Morgan fingerprint density at radius 3 is 2.45 bits per heavy atom. The van der Waals surface area contributed by atoms with E-state index in [-0.39, 0.29) is 35.8 Å². The van der Waals surface area contributed by atoms with E-state index >= 15 is 0 Å². The van der Waals surface area contributed by atoms with Crippen molar-refractivity contribution >= 4 is 45.9 Å². The van der Waals surface area contributed by atoms with Crippen molar-refractivity contribution < 1.29 is 13.2 Å². The van der Waals surface area contributed by atoms with Gasteiger partial charge in [-0.2, -0.15) is 4.31 Å². The smallest absolute Gasteiger partial charge is 0.243 e. The van der Waals surface area contributed by atoms with E-state index < -0.39 is 10.0 Å². The highest BCUT2D eigenvalue weighted by molar-refractivity contribution is 14.0. The predicted molar refractivity (Wildman–Crippen MR) is 133 cm³/mol. The first-order chi connectivity index (χ1) is 14.4. The second kappa shape index (κ2) is 12.0. The SMILES string of the molecule is CCNC(=NCc1ccc(S(=O)(=O)N2CCCC2)cc1)N1CCCC(CC(N)=O)C1.I. The van der Waals surface area contributed by atoms with Gasteiger partial charge in [-0.3, -0.25) is 4.79 Å². The lowest BCUT2D eigenvalue weighted by molar-refractivity contribution is -0.119. The van der Waals surface area contributed by atoms with E-state index in [2.05, 4.69) is 10.2 Å². The molecule has 10 heteroatoms. The summed E-state index contributed by atoms with van der Waals surface area (Å²) in [6.07, 6.45) is 4.27. The fraction of sp³-hybridized carbons (Fsp3) is 0.619. The van der Waals surface area contributed by atoms with E-state index in [1.54, 1.807) is 16.4 Å². The van der Waals surface area contributed by atoms with Crippen molar-refractivity contribution in [3.05, 3.63) is 29.8 Å². The number of hydrogen-bond acceptors (Lipinski definition) is 4. The number of carbonyl (C=O) groups excluding carboxylic acids is 1. The minimum absolute atomic E-state index is 0. The van der Waals surface area contributed by atoms with Crippen LogP contribution >= 0.6 is 24.0 Å². The molecule has 174 valence electrons. The number of guanidine groups is 1. The zero-order valence-electron chi connectivity index (χ0n) is 18.1. The summed E-state index contributed by atoms with van der Waals surface area (Å²) in [5.74, 6) is 0.823. The maximum atomic E-state index is 12.7. The molecular weight excluding hydrogens is 529 g/mol. The minimum atomic E-state index is -3.39. The van der Waals surface area contributed by atoms with Gasteiger partial charge in [-0.1, -0.05) is 12.1 Å². The largest absolute Gasteiger partial charge is 0.370 e. The van der Waals surface area contributed by atoms with Gasteiger partial charge >= 0.3 is 0 Å². The van der Waals surface area contributed by atoms with Crippen molar-refractivity contribution in [1.29, 1.82) is 0 Å². The zero-order valence-corrected chi connectivity index (χ0v) is 21.3. The highest BCUT2D eigenvalue weighted by Gasteiger charge is 2.27. The zero-order chi connectivity index (χ0) is 21.6. The lowest BCUT2D eigenvalue weighted by atomic mass is 9.95. The monoisotopic (exact) mass is 563 g/mol. The number of hydrogen-bond donors (Lipinski definition) is 2. The number of benzene rings is 1. The average molecular weight is 564 g/mol. The van der Waals surface area contributed by atoms with Gasteiger partial charge in [0, 0.05) is 39.1 Å². The molecule has 0 aliphatic carbocycles. The molecule has 1 atom stereocenters. The van der Waals surface area contributed by atoms with Gasteiger partial charge in [0.2, 0.25) is 15.9 Å². The second-order valence-corrected chi connectivity index (χ2v) is 9.99. The van der Waals surface area contributed by atoms with Crippen molar-refractivity contribution in [2.45, 2.75) is 50.5 Å². The molecule has 8 nitrogen and oxygen atoms in total. The summed E-state index contributed by atoms with van der Waals surface area (Å²) in [7, 11) is -3.39. The summed E-state index contributed by atoms with van der Waals surface area (Å²) in [5.41, 5.74) is 6.33. The first-order valence-corrected chi connectivity index (χ1v) is 12.2.